The number of carbonyl (C=O) groups is 1. The Morgan fingerprint density at radius 1 is 1.09 bits per heavy atom. The number of hydrogen-bond donors (Lipinski definition) is 1. The van der Waals surface area contributed by atoms with Gasteiger partial charge in [-0.3, -0.25) is 9.69 Å². The quantitative estimate of drug-likeness (QED) is 0.532. The van der Waals surface area contributed by atoms with Crippen molar-refractivity contribution in [3.8, 4) is 11.3 Å². The SMILES string of the molecule is CC(C)Cc1ccc(-c2cc(C(=O)NCCCN3CCOCC3)c3ccccc3n2)cc1. The van der Waals surface area contributed by atoms with Gasteiger partial charge in [0, 0.05) is 30.6 Å². The van der Waals surface area contributed by atoms with Gasteiger partial charge in [-0.05, 0) is 43.0 Å². The maximum Gasteiger partial charge on any atom is 0.252 e. The molecule has 1 amide bonds. The van der Waals surface area contributed by atoms with E-state index in [4.69, 9.17) is 9.72 Å². The molecular formula is C27H33N3O2. The first kappa shape index (κ1) is 22.4. The fraction of sp³-hybridized carbons (Fsp3) is 0.407. The van der Waals surface area contributed by atoms with Gasteiger partial charge in [0.05, 0.1) is 30.0 Å². The average Bonchev–Trinajstić information content (AvgIpc) is 2.82. The molecule has 5 nitrogen and oxygen atoms in total. The monoisotopic (exact) mass is 431 g/mol. The van der Waals surface area contributed by atoms with Crippen LogP contribution in [-0.4, -0.2) is 55.2 Å². The van der Waals surface area contributed by atoms with Crippen molar-refractivity contribution in [3.63, 3.8) is 0 Å². The Morgan fingerprint density at radius 2 is 1.84 bits per heavy atom. The average molecular weight is 432 g/mol. The van der Waals surface area contributed by atoms with E-state index in [0.717, 1.165) is 67.8 Å². The van der Waals surface area contributed by atoms with E-state index >= 15 is 0 Å². The Kier molecular flexibility index (Phi) is 7.51. The summed E-state index contributed by atoms with van der Waals surface area (Å²) in [5, 5.41) is 4.00. The number of amides is 1. The second-order valence-corrected chi connectivity index (χ2v) is 8.93. The van der Waals surface area contributed by atoms with Gasteiger partial charge in [0.2, 0.25) is 0 Å². The van der Waals surface area contributed by atoms with E-state index in [1.165, 1.54) is 5.56 Å². The molecule has 0 atom stereocenters. The van der Waals surface area contributed by atoms with Gasteiger partial charge in [0.15, 0.2) is 0 Å². The maximum atomic E-state index is 13.1. The summed E-state index contributed by atoms with van der Waals surface area (Å²) in [5.74, 6) is 0.585. The van der Waals surface area contributed by atoms with Gasteiger partial charge in [0.1, 0.15) is 0 Å². The largest absolute Gasteiger partial charge is 0.379 e. The van der Waals surface area contributed by atoms with Gasteiger partial charge in [0.25, 0.3) is 5.91 Å². The molecule has 1 fully saturated rings. The summed E-state index contributed by atoms with van der Waals surface area (Å²) in [6.07, 6.45) is 1.99. The van der Waals surface area contributed by atoms with Crippen molar-refractivity contribution < 1.29 is 9.53 Å². The molecule has 0 radical (unpaired) electrons. The Morgan fingerprint density at radius 3 is 2.59 bits per heavy atom. The molecule has 4 rings (SSSR count). The van der Waals surface area contributed by atoms with E-state index < -0.39 is 0 Å². The highest BCUT2D eigenvalue weighted by molar-refractivity contribution is 6.07. The van der Waals surface area contributed by atoms with Crippen LogP contribution in [0.15, 0.2) is 54.6 Å². The van der Waals surface area contributed by atoms with Crippen molar-refractivity contribution in [2.75, 3.05) is 39.4 Å². The minimum absolute atomic E-state index is 0.0387. The topological polar surface area (TPSA) is 54.5 Å². The molecule has 168 valence electrons. The smallest absolute Gasteiger partial charge is 0.252 e. The molecule has 1 aliphatic rings. The van der Waals surface area contributed by atoms with Crippen LogP contribution in [0.5, 0.6) is 0 Å². The van der Waals surface area contributed by atoms with Crippen LogP contribution in [0.1, 0.15) is 36.2 Å². The lowest BCUT2D eigenvalue weighted by Crippen LogP contribution is -2.38. The Bertz CT molecular complexity index is 1040. The normalized spacial score (nSPS) is 14.7. The molecule has 32 heavy (non-hydrogen) atoms. The van der Waals surface area contributed by atoms with Gasteiger partial charge in [-0.25, -0.2) is 4.98 Å². The number of hydrogen-bond acceptors (Lipinski definition) is 4. The molecule has 0 aliphatic carbocycles. The van der Waals surface area contributed by atoms with Crippen LogP contribution in [0.4, 0.5) is 0 Å². The number of benzene rings is 2. The van der Waals surface area contributed by atoms with Crippen LogP contribution in [-0.2, 0) is 11.2 Å². The van der Waals surface area contributed by atoms with E-state index in [-0.39, 0.29) is 5.91 Å². The fourth-order valence-corrected chi connectivity index (χ4v) is 4.22. The summed E-state index contributed by atoms with van der Waals surface area (Å²) >= 11 is 0. The molecule has 0 spiro atoms. The minimum atomic E-state index is -0.0387. The van der Waals surface area contributed by atoms with Crippen LogP contribution in [0, 0.1) is 5.92 Å². The number of aromatic nitrogens is 1. The van der Waals surface area contributed by atoms with E-state index in [9.17, 15) is 4.79 Å². The lowest BCUT2D eigenvalue weighted by atomic mass is 9.99. The molecule has 0 unspecified atom stereocenters. The van der Waals surface area contributed by atoms with E-state index in [1.807, 2.05) is 30.3 Å². The van der Waals surface area contributed by atoms with Crippen molar-refractivity contribution >= 4 is 16.8 Å². The summed E-state index contributed by atoms with van der Waals surface area (Å²) in [4.78, 5) is 20.3. The molecule has 0 saturated carbocycles. The number of fused-ring (bicyclic) bond motifs is 1. The molecule has 0 bridgehead atoms. The molecule has 1 N–H and O–H groups in total. The van der Waals surface area contributed by atoms with E-state index in [0.29, 0.717) is 18.0 Å². The highest BCUT2D eigenvalue weighted by Crippen LogP contribution is 2.25. The summed E-state index contributed by atoms with van der Waals surface area (Å²) in [6, 6.07) is 18.3. The molecule has 3 aromatic rings. The van der Waals surface area contributed by atoms with Crippen LogP contribution >= 0.6 is 0 Å². The van der Waals surface area contributed by atoms with Crippen molar-refractivity contribution in [2.24, 2.45) is 5.92 Å². The Labute approximate surface area is 190 Å². The first-order chi connectivity index (χ1) is 15.6. The number of nitrogens with one attached hydrogen (secondary N) is 1. The molecule has 5 heteroatoms. The zero-order valence-electron chi connectivity index (χ0n) is 19.1. The number of morpholine rings is 1. The number of rotatable bonds is 8. The summed E-state index contributed by atoms with van der Waals surface area (Å²) in [6.45, 7) is 9.65. The zero-order chi connectivity index (χ0) is 22.3. The molecule has 1 saturated heterocycles. The number of para-hydroxylation sites is 1. The van der Waals surface area contributed by atoms with Gasteiger partial charge < -0.3 is 10.1 Å². The Hall–Kier alpha value is -2.76. The highest BCUT2D eigenvalue weighted by Gasteiger charge is 2.15. The van der Waals surface area contributed by atoms with Crippen LogP contribution in [0.25, 0.3) is 22.2 Å². The predicted molar refractivity (Wildman–Crippen MR) is 130 cm³/mol. The van der Waals surface area contributed by atoms with Crippen molar-refractivity contribution in [1.29, 1.82) is 0 Å². The lowest BCUT2D eigenvalue weighted by molar-refractivity contribution is 0.0374. The molecule has 1 aliphatic heterocycles. The predicted octanol–water partition coefficient (Wildman–Crippen LogP) is 4.55. The van der Waals surface area contributed by atoms with Crippen molar-refractivity contribution in [1.82, 2.24) is 15.2 Å². The lowest BCUT2D eigenvalue weighted by Gasteiger charge is -2.26. The van der Waals surface area contributed by atoms with Gasteiger partial charge in [-0.1, -0.05) is 56.3 Å². The number of ether oxygens (including phenoxy) is 1. The Balaban J connectivity index is 1.49. The van der Waals surface area contributed by atoms with Crippen LogP contribution in [0.2, 0.25) is 0 Å². The first-order valence-corrected chi connectivity index (χ1v) is 11.7. The maximum absolute atomic E-state index is 13.1. The second kappa shape index (κ2) is 10.7. The number of pyridine rings is 1. The summed E-state index contributed by atoms with van der Waals surface area (Å²) < 4.78 is 5.40. The van der Waals surface area contributed by atoms with Gasteiger partial charge >= 0.3 is 0 Å². The molecule has 2 heterocycles. The third-order valence-corrected chi connectivity index (χ3v) is 5.89. The van der Waals surface area contributed by atoms with Crippen molar-refractivity contribution in [2.45, 2.75) is 26.7 Å². The number of carbonyl (C=O) groups excluding carboxylic acids is 1. The summed E-state index contributed by atoms with van der Waals surface area (Å²) in [5.41, 5.74) is 4.71. The van der Waals surface area contributed by atoms with Gasteiger partial charge in [-0.2, -0.15) is 0 Å². The second-order valence-electron chi connectivity index (χ2n) is 8.93. The van der Waals surface area contributed by atoms with E-state index in [2.05, 4.69) is 48.3 Å². The minimum Gasteiger partial charge on any atom is -0.379 e. The summed E-state index contributed by atoms with van der Waals surface area (Å²) in [7, 11) is 0. The molecule has 1 aromatic heterocycles. The highest BCUT2D eigenvalue weighted by atomic mass is 16.5. The number of nitrogens with zero attached hydrogens (tertiary/aromatic N) is 2. The van der Waals surface area contributed by atoms with E-state index in [1.54, 1.807) is 0 Å². The van der Waals surface area contributed by atoms with Crippen LogP contribution < -0.4 is 5.32 Å². The first-order valence-electron chi connectivity index (χ1n) is 11.7. The molecule has 2 aromatic carbocycles. The van der Waals surface area contributed by atoms with Crippen LogP contribution in [0.3, 0.4) is 0 Å². The zero-order valence-corrected chi connectivity index (χ0v) is 19.1. The van der Waals surface area contributed by atoms with Gasteiger partial charge in [-0.15, -0.1) is 0 Å². The third kappa shape index (κ3) is 5.72. The third-order valence-electron chi connectivity index (χ3n) is 5.89. The van der Waals surface area contributed by atoms with Crippen molar-refractivity contribution in [3.05, 3.63) is 65.7 Å². The standard InChI is InChI=1S/C27H33N3O2/c1-20(2)18-21-8-10-22(11-9-21)26-19-24(23-6-3-4-7-25(23)29-26)27(31)28-12-5-13-30-14-16-32-17-15-30/h3-4,6-11,19-20H,5,12-18H2,1-2H3,(H,28,31). The fourth-order valence-electron chi connectivity index (χ4n) is 4.22. The molecular weight excluding hydrogens is 398 g/mol.